The molecule has 0 saturated carbocycles. The predicted octanol–water partition coefficient (Wildman–Crippen LogP) is 5.50. The van der Waals surface area contributed by atoms with E-state index in [2.05, 4.69) is 18.0 Å². The van der Waals surface area contributed by atoms with Gasteiger partial charge in [0, 0.05) is 5.56 Å². The van der Waals surface area contributed by atoms with Crippen LogP contribution in [0.15, 0.2) is 77.4 Å². The summed E-state index contributed by atoms with van der Waals surface area (Å²) >= 11 is 0. The molecule has 0 spiro atoms. The van der Waals surface area contributed by atoms with E-state index in [0.29, 0.717) is 37.2 Å². The average molecular weight is 458 g/mol. The van der Waals surface area contributed by atoms with Gasteiger partial charge >= 0.3 is 5.97 Å². The first-order chi connectivity index (χ1) is 16.5. The lowest BCUT2D eigenvalue weighted by Crippen LogP contribution is -2.10. The van der Waals surface area contributed by atoms with Crippen molar-refractivity contribution in [3.05, 3.63) is 94.7 Å². The van der Waals surface area contributed by atoms with E-state index in [9.17, 15) is 4.79 Å². The number of ether oxygens (including phenoxy) is 4. The average Bonchev–Trinajstić information content (AvgIpc) is 3.20. The monoisotopic (exact) mass is 457 g/mol. The van der Waals surface area contributed by atoms with Gasteiger partial charge in [0.25, 0.3) is 0 Å². The first kappa shape index (κ1) is 23.1. The summed E-state index contributed by atoms with van der Waals surface area (Å²) in [6.07, 6.45) is 1.67. The fourth-order valence-corrected chi connectivity index (χ4v) is 3.54. The van der Waals surface area contributed by atoms with Gasteiger partial charge in [-0.2, -0.15) is 0 Å². The van der Waals surface area contributed by atoms with Gasteiger partial charge in [-0.05, 0) is 68.3 Å². The zero-order valence-corrected chi connectivity index (χ0v) is 19.5. The maximum absolute atomic E-state index is 12.3. The Morgan fingerprint density at radius 3 is 2.32 bits per heavy atom. The number of carbonyl (C=O) groups excluding carboxylic acids is 1. The SMILES string of the molecule is CCOc1cc(/C=C2\N=C(c3ccccc3)OC2=O)ccc1OCCOc1ccc(C)cc1C. The Hall–Kier alpha value is -4.06. The van der Waals surface area contributed by atoms with Gasteiger partial charge in [0.05, 0.1) is 6.61 Å². The standard InChI is InChI=1S/C28H27NO5/c1-4-31-26-18-21(17-23-28(30)34-27(29-23)22-8-6-5-7-9-22)11-13-25(26)33-15-14-32-24-12-10-19(2)16-20(24)3/h5-13,16-18H,4,14-15H2,1-3H3/b23-17-. The van der Waals surface area contributed by atoms with Crippen LogP contribution in [0, 0.1) is 13.8 Å². The van der Waals surface area contributed by atoms with E-state index >= 15 is 0 Å². The van der Waals surface area contributed by atoms with Gasteiger partial charge < -0.3 is 18.9 Å². The van der Waals surface area contributed by atoms with Gasteiger partial charge in [0.2, 0.25) is 5.90 Å². The van der Waals surface area contributed by atoms with E-state index in [4.69, 9.17) is 18.9 Å². The molecule has 34 heavy (non-hydrogen) atoms. The van der Waals surface area contributed by atoms with E-state index < -0.39 is 5.97 Å². The van der Waals surface area contributed by atoms with Crippen molar-refractivity contribution in [1.82, 2.24) is 0 Å². The molecular weight excluding hydrogens is 430 g/mol. The summed E-state index contributed by atoms with van der Waals surface area (Å²) in [5.41, 5.74) is 4.03. The second-order valence-corrected chi connectivity index (χ2v) is 7.81. The molecule has 0 atom stereocenters. The van der Waals surface area contributed by atoms with Crippen LogP contribution in [0.25, 0.3) is 6.08 Å². The highest BCUT2D eigenvalue weighted by Crippen LogP contribution is 2.30. The van der Waals surface area contributed by atoms with Crippen molar-refractivity contribution in [2.45, 2.75) is 20.8 Å². The number of hydrogen-bond donors (Lipinski definition) is 0. The lowest BCUT2D eigenvalue weighted by molar-refractivity contribution is -0.129. The van der Waals surface area contributed by atoms with Crippen LogP contribution in [0.1, 0.15) is 29.2 Å². The first-order valence-electron chi connectivity index (χ1n) is 11.2. The number of hydrogen-bond acceptors (Lipinski definition) is 6. The van der Waals surface area contributed by atoms with E-state index in [-0.39, 0.29) is 5.70 Å². The quantitative estimate of drug-likeness (QED) is 0.241. The van der Waals surface area contributed by atoms with Crippen molar-refractivity contribution in [3.8, 4) is 17.2 Å². The number of benzene rings is 3. The number of aliphatic imine (C=N–C) groups is 1. The molecule has 0 N–H and O–H groups in total. The molecule has 0 unspecified atom stereocenters. The molecule has 0 aromatic heterocycles. The van der Waals surface area contributed by atoms with Gasteiger partial charge in [-0.3, -0.25) is 0 Å². The Balaban J connectivity index is 1.44. The van der Waals surface area contributed by atoms with Crippen LogP contribution in [-0.4, -0.2) is 31.7 Å². The Bertz CT molecular complexity index is 1230. The molecule has 0 fully saturated rings. The number of aryl methyl sites for hydroxylation is 2. The van der Waals surface area contributed by atoms with Crippen LogP contribution >= 0.6 is 0 Å². The van der Waals surface area contributed by atoms with Crippen molar-refractivity contribution in [3.63, 3.8) is 0 Å². The molecule has 0 aliphatic carbocycles. The van der Waals surface area contributed by atoms with Crippen molar-refractivity contribution in [1.29, 1.82) is 0 Å². The number of carbonyl (C=O) groups is 1. The molecule has 6 nitrogen and oxygen atoms in total. The van der Waals surface area contributed by atoms with Crippen LogP contribution in [0.4, 0.5) is 0 Å². The van der Waals surface area contributed by atoms with Crippen molar-refractivity contribution < 1.29 is 23.7 Å². The lowest BCUT2D eigenvalue weighted by atomic mass is 10.1. The number of esters is 1. The Morgan fingerprint density at radius 1 is 0.853 bits per heavy atom. The summed E-state index contributed by atoms with van der Waals surface area (Å²) in [5, 5.41) is 0. The number of cyclic esters (lactones) is 1. The van der Waals surface area contributed by atoms with E-state index in [1.165, 1.54) is 5.56 Å². The maximum Gasteiger partial charge on any atom is 0.363 e. The van der Waals surface area contributed by atoms with E-state index in [1.54, 1.807) is 6.08 Å². The summed E-state index contributed by atoms with van der Waals surface area (Å²) in [5.74, 6) is 1.85. The predicted molar refractivity (Wildman–Crippen MR) is 132 cm³/mol. The Kier molecular flexibility index (Phi) is 7.28. The minimum Gasteiger partial charge on any atom is -0.490 e. The van der Waals surface area contributed by atoms with Gasteiger partial charge in [-0.25, -0.2) is 9.79 Å². The van der Waals surface area contributed by atoms with Gasteiger partial charge in [0.15, 0.2) is 17.2 Å². The summed E-state index contributed by atoms with van der Waals surface area (Å²) in [7, 11) is 0. The third-order valence-corrected chi connectivity index (χ3v) is 5.14. The second kappa shape index (κ2) is 10.7. The van der Waals surface area contributed by atoms with Gasteiger partial charge in [-0.15, -0.1) is 0 Å². The van der Waals surface area contributed by atoms with Crippen molar-refractivity contribution >= 4 is 17.9 Å². The van der Waals surface area contributed by atoms with Crippen LogP contribution in [0.2, 0.25) is 0 Å². The molecule has 3 aromatic rings. The molecule has 0 amide bonds. The molecule has 0 bridgehead atoms. The molecule has 0 saturated heterocycles. The summed E-state index contributed by atoms with van der Waals surface area (Å²) < 4.78 is 22.8. The molecule has 4 rings (SSSR count). The van der Waals surface area contributed by atoms with E-state index in [0.717, 1.165) is 22.4 Å². The number of nitrogens with zero attached hydrogens (tertiary/aromatic N) is 1. The summed E-state index contributed by atoms with van der Waals surface area (Å²) in [6.45, 7) is 7.24. The second-order valence-electron chi connectivity index (χ2n) is 7.81. The molecule has 0 radical (unpaired) electrons. The van der Waals surface area contributed by atoms with Crippen LogP contribution < -0.4 is 14.2 Å². The molecule has 1 aliphatic heterocycles. The molecule has 3 aromatic carbocycles. The lowest BCUT2D eigenvalue weighted by Gasteiger charge is -2.14. The van der Waals surface area contributed by atoms with Crippen molar-refractivity contribution in [2.24, 2.45) is 4.99 Å². The summed E-state index contributed by atoms with van der Waals surface area (Å²) in [6, 6.07) is 20.9. The zero-order valence-electron chi connectivity index (χ0n) is 19.5. The van der Waals surface area contributed by atoms with Crippen LogP contribution in [-0.2, 0) is 9.53 Å². The molecule has 174 valence electrons. The number of rotatable bonds is 9. The maximum atomic E-state index is 12.3. The minimum absolute atomic E-state index is 0.233. The smallest absolute Gasteiger partial charge is 0.363 e. The van der Waals surface area contributed by atoms with Crippen LogP contribution in [0.5, 0.6) is 17.2 Å². The molecule has 1 heterocycles. The third-order valence-electron chi connectivity index (χ3n) is 5.14. The van der Waals surface area contributed by atoms with Gasteiger partial charge in [-0.1, -0.05) is 42.0 Å². The first-order valence-corrected chi connectivity index (χ1v) is 11.2. The highest BCUT2D eigenvalue weighted by molar-refractivity contribution is 6.12. The topological polar surface area (TPSA) is 66.4 Å². The van der Waals surface area contributed by atoms with E-state index in [1.807, 2.05) is 74.5 Å². The van der Waals surface area contributed by atoms with Crippen LogP contribution in [0.3, 0.4) is 0 Å². The highest BCUT2D eigenvalue weighted by Gasteiger charge is 2.24. The Labute approximate surface area is 199 Å². The minimum atomic E-state index is -0.485. The fraction of sp³-hybridized carbons (Fsp3) is 0.214. The molecule has 6 heteroatoms. The largest absolute Gasteiger partial charge is 0.490 e. The zero-order chi connectivity index (χ0) is 23.9. The molecular formula is C28H27NO5. The third kappa shape index (κ3) is 5.64. The van der Waals surface area contributed by atoms with Crippen molar-refractivity contribution in [2.75, 3.05) is 19.8 Å². The fourth-order valence-electron chi connectivity index (χ4n) is 3.54. The normalized spacial score (nSPS) is 14.0. The molecule has 1 aliphatic rings. The highest BCUT2D eigenvalue weighted by atomic mass is 16.6. The Morgan fingerprint density at radius 2 is 1.59 bits per heavy atom. The summed E-state index contributed by atoms with van der Waals surface area (Å²) in [4.78, 5) is 16.7. The van der Waals surface area contributed by atoms with Gasteiger partial charge in [0.1, 0.15) is 19.0 Å².